The van der Waals surface area contributed by atoms with Crippen LogP contribution in [-0.2, 0) is 6.61 Å². The molecule has 1 aliphatic rings. The van der Waals surface area contributed by atoms with Gasteiger partial charge in [0, 0.05) is 0 Å². The van der Waals surface area contributed by atoms with Gasteiger partial charge in [-0.05, 0) is 65.1 Å². The van der Waals surface area contributed by atoms with Crippen molar-refractivity contribution in [3.8, 4) is 16.9 Å². The van der Waals surface area contributed by atoms with Crippen molar-refractivity contribution in [1.29, 1.82) is 0 Å². The molecule has 1 aliphatic carbocycles. The zero-order chi connectivity index (χ0) is 19.9. The average Bonchev–Trinajstić information content (AvgIpc) is 2.80. The van der Waals surface area contributed by atoms with E-state index in [1.165, 1.54) is 59.9 Å². The van der Waals surface area contributed by atoms with Gasteiger partial charge in [-0.1, -0.05) is 92.6 Å². The number of rotatable bonds is 7. The van der Waals surface area contributed by atoms with E-state index in [0.717, 1.165) is 11.7 Å². The van der Waals surface area contributed by atoms with Crippen molar-refractivity contribution in [3.05, 3.63) is 96.1 Å². The maximum absolute atomic E-state index is 5.90. The summed E-state index contributed by atoms with van der Waals surface area (Å²) < 4.78 is 5.90. The Morgan fingerprint density at radius 1 is 0.793 bits per heavy atom. The van der Waals surface area contributed by atoms with Crippen LogP contribution in [0.2, 0.25) is 0 Å². The van der Waals surface area contributed by atoms with Gasteiger partial charge in [0.1, 0.15) is 12.4 Å². The van der Waals surface area contributed by atoms with E-state index in [0.29, 0.717) is 6.61 Å². The second kappa shape index (κ2) is 9.60. The Balaban J connectivity index is 1.38. The predicted octanol–water partition coefficient (Wildman–Crippen LogP) is 7.92. The van der Waals surface area contributed by atoms with Crippen molar-refractivity contribution >= 4 is 5.57 Å². The Morgan fingerprint density at radius 3 is 2.07 bits per heavy atom. The highest BCUT2D eigenvalue weighted by molar-refractivity contribution is 5.71. The molecule has 1 atom stereocenters. The lowest BCUT2D eigenvalue weighted by molar-refractivity contribution is 0.306. The Kier molecular flexibility index (Phi) is 6.46. The molecule has 0 fully saturated rings. The van der Waals surface area contributed by atoms with Gasteiger partial charge < -0.3 is 4.74 Å². The van der Waals surface area contributed by atoms with Gasteiger partial charge in [-0.3, -0.25) is 0 Å². The van der Waals surface area contributed by atoms with E-state index in [4.69, 9.17) is 4.74 Å². The summed E-state index contributed by atoms with van der Waals surface area (Å²) in [5.74, 6) is 1.80. The third kappa shape index (κ3) is 5.17. The summed E-state index contributed by atoms with van der Waals surface area (Å²) in [6.45, 7) is 2.89. The normalized spacial score (nSPS) is 16.3. The molecule has 0 spiro atoms. The molecule has 1 heteroatoms. The second-order valence-corrected chi connectivity index (χ2v) is 8.03. The van der Waals surface area contributed by atoms with Crippen LogP contribution in [0.1, 0.15) is 50.2 Å². The van der Waals surface area contributed by atoms with Gasteiger partial charge in [-0.15, -0.1) is 0 Å². The summed E-state index contributed by atoms with van der Waals surface area (Å²) in [6.07, 6.45) is 8.95. The standard InChI is InChI=1S/C28H30O/c1-2-6-22-9-11-24(12-10-22)25-13-15-26(16-14-25)27-17-19-28(20-18-27)29-21-23-7-4-3-5-8-23/h3-5,7-8,11,13-20,22H,2,6,9-10,12,21H2,1H3. The lowest BCUT2D eigenvalue weighted by atomic mass is 9.84. The van der Waals surface area contributed by atoms with Crippen LogP contribution < -0.4 is 4.74 Å². The van der Waals surface area contributed by atoms with Crippen molar-refractivity contribution in [3.63, 3.8) is 0 Å². The van der Waals surface area contributed by atoms with E-state index in [1.54, 1.807) is 0 Å². The van der Waals surface area contributed by atoms with E-state index >= 15 is 0 Å². The monoisotopic (exact) mass is 382 g/mol. The first kappa shape index (κ1) is 19.5. The molecule has 29 heavy (non-hydrogen) atoms. The Hall–Kier alpha value is -2.80. The summed E-state index contributed by atoms with van der Waals surface area (Å²) >= 11 is 0. The van der Waals surface area contributed by atoms with Crippen LogP contribution >= 0.6 is 0 Å². The Morgan fingerprint density at radius 2 is 1.45 bits per heavy atom. The number of allylic oxidation sites excluding steroid dienone is 2. The number of benzene rings is 3. The molecule has 0 bridgehead atoms. The van der Waals surface area contributed by atoms with Crippen molar-refractivity contribution in [2.24, 2.45) is 5.92 Å². The van der Waals surface area contributed by atoms with E-state index in [1.807, 2.05) is 18.2 Å². The molecule has 0 radical (unpaired) electrons. The maximum Gasteiger partial charge on any atom is 0.119 e. The number of hydrogen-bond acceptors (Lipinski definition) is 1. The fourth-order valence-electron chi connectivity index (χ4n) is 4.18. The molecule has 1 nitrogen and oxygen atoms in total. The number of ether oxygens (including phenoxy) is 1. The minimum absolute atomic E-state index is 0.600. The fourth-order valence-corrected chi connectivity index (χ4v) is 4.18. The third-order valence-electron chi connectivity index (χ3n) is 5.91. The lowest BCUT2D eigenvalue weighted by Crippen LogP contribution is -2.04. The molecule has 3 aromatic carbocycles. The van der Waals surface area contributed by atoms with Crippen LogP contribution in [0.15, 0.2) is 84.9 Å². The van der Waals surface area contributed by atoms with Crippen molar-refractivity contribution in [2.45, 2.75) is 45.6 Å². The van der Waals surface area contributed by atoms with Gasteiger partial charge in [0.05, 0.1) is 0 Å². The van der Waals surface area contributed by atoms with Crippen LogP contribution in [0.3, 0.4) is 0 Å². The topological polar surface area (TPSA) is 9.23 Å². The quantitative estimate of drug-likeness (QED) is 0.403. The number of hydrogen-bond donors (Lipinski definition) is 0. The predicted molar refractivity (Wildman–Crippen MR) is 123 cm³/mol. The maximum atomic E-state index is 5.90. The largest absolute Gasteiger partial charge is 0.489 e. The highest BCUT2D eigenvalue weighted by atomic mass is 16.5. The molecule has 1 unspecified atom stereocenters. The van der Waals surface area contributed by atoms with Gasteiger partial charge in [-0.25, -0.2) is 0 Å². The molecule has 0 heterocycles. The van der Waals surface area contributed by atoms with Crippen LogP contribution in [-0.4, -0.2) is 0 Å². The minimum atomic E-state index is 0.600. The second-order valence-electron chi connectivity index (χ2n) is 8.03. The SMILES string of the molecule is CCCC1CC=C(c2ccc(-c3ccc(OCc4ccccc4)cc3)cc2)CC1. The van der Waals surface area contributed by atoms with E-state index < -0.39 is 0 Å². The minimum Gasteiger partial charge on any atom is -0.489 e. The highest BCUT2D eigenvalue weighted by Gasteiger charge is 2.14. The van der Waals surface area contributed by atoms with Gasteiger partial charge in [0.2, 0.25) is 0 Å². The lowest BCUT2D eigenvalue weighted by Gasteiger charge is -2.21. The molecule has 0 aliphatic heterocycles. The molecule has 0 N–H and O–H groups in total. The summed E-state index contributed by atoms with van der Waals surface area (Å²) in [5, 5.41) is 0. The van der Waals surface area contributed by atoms with Crippen molar-refractivity contribution < 1.29 is 4.74 Å². The zero-order valence-electron chi connectivity index (χ0n) is 17.3. The van der Waals surface area contributed by atoms with Crippen LogP contribution in [0.4, 0.5) is 0 Å². The third-order valence-corrected chi connectivity index (χ3v) is 5.91. The molecule has 148 valence electrons. The molecule has 3 aromatic rings. The molecule has 4 rings (SSSR count). The van der Waals surface area contributed by atoms with Gasteiger partial charge in [0.25, 0.3) is 0 Å². The highest BCUT2D eigenvalue weighted by Crippen LogP contribution is 2.33. The van der Waals surface area contributed by atoms with E-state index in [2.05, 4.69) is 73.7 Å². The molecule has 0 amide bonds. The van der Waals surface area contributed by atoms with Gasteiger partial charge in [-0.2, -0.15) is 0 Å². The fraction of sp³-hybridized carbons (Fsp3) is 0.286. The Labute approximate surface area is 175 Å². The molecular weight excluding hydrogens is 352 g/mol. The summed E-state index contributed by atoms with van der Waals surface area (Å²) in [5.41, 5.74) is 6.57. The average molecular weight is 383 g/mol. The first-order valence-corrected chi connectivity index (χ1v) is 10.9. The zero-order valence-corrected chi connectivity index (χ0v) is 17.3. The van der Waals surface area contributed by atoms with Crippen molar-refractivity contribution in [1.82, 2.24) is 0 Å². The molecule has 0 aromatic heterocycles. The van der Waals surface area contributed by atoms with E-state index in [9.17, 15) is 0 Å². The summed E-state index contributed by atoms with van der Waals surface area (Å²) in [4.78, 5) is 0. The van der Waals surface area contributed by atoms with Crippen LogP contribution in [0, 0.1) is 5.92 Å². The molecule has 0 saturated heterocycles. The van der Waals surface area contributed by atoms with Gasteiger partial charge >= 0.3 is 0 Å². The molecular formula is C28H30O. The smallest absolute Gasteiger partial charge is 0.119 e. The summed E-state index contributed by atoms with van der Waals surface area (Å²) in [7, 11) is 0. The first-order chi connectivity index (χ1) is 14.3. The van der Waals surface area contributed by atoms with Crippen molar-refractivity contribution in [2.75, 3.05) is 0 Å². The van der Waals surface area contributed by atoms with Crippen LogP contribution in [0.25, 0.3) is 16.7 Å². The summed E-state index contributed by atoms with van der Waals surface area (Å²) in [6, 6.07) is 27.7. The Bertz CT molecular complexity index is 920. The van der Waals surface area contributed by atoms with Gasteiger partial charge in [0.15, 0.2) is 0 Å². The van der Waals surface area contributed by atoms with Crippen LogP contribution in [0.5, 0.6) is 5.75 Å². The first-order valence-electron chi connectivity index (χ1n) is 10.9. The molecule has 0 saturated carbocycles. The van der Waals surface area contributed by atoms with E-state index in [-0.39, 0.29) is 0 Å².